The number of aliphatic hydroxyl groups is 1. The third-order valence-electron chi connectivity index (χ3n) is 5.44. The van der Waals surface area contributed by atoms with Gasteiger partial charge in [-0.2, -0.15) is 0 Å². The third-order valence-corrected chi connectivity index (χ3v) is 5.44. The van der Waals surface area contributed by atoms with E-state index >= 15 is 0 Å². The van der Waals surface area contributed by atoms with Gasteiger partial charge >= 0.3 is 18.0 Å². The van der Waals surface area contributed by atoms with Crippen LogP contribution in [0.1, 0.15) is 53.9 Å². The van der Waals surface area contributed by atoms with Gasteiger partial charge in [-0.25, -0.2) is 4.79 Å². The van der Waals surface area contributed by atoms with Crippen LogP contribution < -0.4 is 0 Å². The summed E-state index contributed by atoms with van der Waals surface area (Å²) in [5, 5.41) is 11.0. The topological polar surface area (TPSA) is 106 Å². The van der Waals surface area contributed by atoms with E-state index in [0.717, 1.165) is 13.1 Å². The molecule has 9 heteroatoms. The molecule has 0 aromatic carbocycles. The number of allylic oxidation sites excluding steroid dienone is 1. The predicted octanol–water partition coefficient (Wildman–Crippen LogP) is 2.12. The number of nitrogens with zero attached hydrogens (tertiary/aromatic N) is 2. The number of amides is 1. The summed E-state index contributed by atoms with van der Waals surface area (Å²) in [5.41, 5.74) is -1.42. The SMILES string of the molecule is C/C=C/C(OC(=O)N1CCN(C(C)C)CC1)C(C)(O)CCC(CC(=O)OC)OC(C)=O. The molecule has 0 saturated carbocycles. The largest absolute Gasteiger partial charge is 0.469 e. The van der Waals surface area contributed by atoms with Crippen LogP contribution in [0.25, 0.3) is 0 Å². The number of ether oxygens (including phenoxy) is 3. The lowest BCUT2D eigenvalue weighted by molar-refractivity contribution is -0.153. The van der Waals surface area contributed by atoms with E-state index in [0.29, 0.717) is 19.1 Å². The molecule has 1 N–H and O–H groups in total. The molecule has 3 atom stereocenters. The molecule has 0 bridgehead atoms. The Kier molecular flexibility index (Phi) is 11.0. The smallest absolute Gasteiger partial charge is 0.410 e. The molecule has 0 spiro atoms. The van der Waals surface area contributed by atoms with E-state index in [1.807, 2.05) is 0 Å². The standard InChI is InChI=1S/C22H38N2O7/c1-7-8-19(31-21(27)24-13-11-23(12-14-24)16(2)3)22(5,28)10-9-18(30-17(4)25)15-20(26)29-6/h7-8,16,18-19,28H,9-15H2,1-6H3/b8-7+. The molecule has 0 aromatic heterocycles. The van der Waals surface area contributed by atoms with Crippen molar-refractivity contribution in [2.75, 3.05) is 33.3 Å². The van der Waals surface area contributed by atoms with Gasteiger partial charge in [-0.3, -0.25) is 14.5 Å². The van der Waals surface area contributed by atoms with E-state index < -0.39 is 35.8 Å². The lowest BCUT2D eigenvalue weighted by Gasteiger charge is -2.38. The Labute approximate surface area is 185 Å². The number of carbonyl (C=O) groups is 3. The molecule has 0 radical (unpaired) electrons. The molecule has 0 aliphatic carbocycles. The van der Waals surface area contributed by atoms with Crippen molar-refractivity contribution >= 4 is 18.0 Å². The van der Waals surface area contributed by atoms with Crippen molar-refractivity contribution < 1.29 is 33.7 Å². The maximum absolute atomic E-state index is 12.7. The Morgan fingerprint density at radius 1 is 1.13 bits per heavy atom. The lowest BCUT2D eigenvalue weighted by Crippen LogP contribution is -2.52. The summed E-state index contributed by atoms with van der Waals surface area (Å²) in [6.07, 6.45) is 1.49. The summed E-state index contributed by atoms with van der Waals surface area (Å²) in [5.74, 6) is -1.03. The fourth-order valence-electron chi connectivity index (χ4n) is 3.45. The van der Waals surface area contributed by atoms with Crippen LogP contribution in [-0.4, -0.2) is 90.1 Å². The van der Waals surface area contributed by atoms with Crippen molar-refractivity contribution in [1.29, 1.82) is 0 Å². The van der Waals surface area contributed by atoms with E-state index in [1.165, 1.54) is 14.0 Å². The van der Waals surface area contributed by atoms with Crippen molar-refractivity contribution in [1.82, 2.24) is 9.80 Å². The monoisotopic (exact) mass is 442 g/mol. The number of hydrogen-bond donors (Lipinski definition) is 1. The van der Waals surface area contributed by atoms with Crippen molar-refractivity contribution in [3.8, 4) is 0 Å². The second-order valence-electron chi connectivity index (χ2n) is 8.35. The molecule has 1 rings (SSSR count). The first kappa shape index (κ1) is 26.9. The Bertz CT molecular complexity index is 625. The van der Waals surface area contributed by atoms with Crippen LogP contribution in [-0.2, 0) is 23.8 Å². The minimum absolute atomic E-state index is 0.111. The van der Waals surface area contributed by atoms with Crippen LogP contribution in [0.4, 0.5) is 4.79 Å². The molecule has 9 nitrogen and oxygen atoms in total. The van der Waals surface area contributed by atoms with Crippen molar-refractivity contribution in [2.24, 2.45) is 0 Å². The van der Waals surface area contributed by atoms with Crippen molar-refractivity contribution in [3.63, 3.8) is 0 Å². The predicted molar refractivity (Wildman–Crippen MR) is 115 cm³/mol. The van der Waals surface area contributed by atoms with Gasteiger partial charge in [-0.15, -0.1) is 0 Å². The maximum Gasteiger partial charge on any atom is 0.410 e. The second kappa shape index (κ2) is 12.7. The molecule has 178 valence electrons. The van der Waals surface area contributed by atoms with Crippen molar-refractivity contribution in [2.45, 2.75) is 77.7 Å². The van der Waals surface area contributed by atoms with Crippen LogP contribution >= 0.6 is 0 Å². The van der Waals surface area contributed by atoms with Crippen LogP contribution in [0.15, 0.2) is 12.2 Å². The van der Waals surface area contributed by atoms with Gasteiger partial charge in [0.25, 0.3) is 0 Å². The molecular weight excluding hydrogens is 404 g/mol. The zero-order valence-electron chi connectivity index (χ0n) is 19.6. The first-order valence-corrected chi connectivity index (χ1v) is 10.8. The quantitative estimate of drug-likeness (QED) is 0.312. The first-order valence-electron chi connectivity index (χ1n) is 10.8. The van der Waals surface area contributed by atoms with Gasteiger partial charge in [-0.05, 0) is 46.6 Å². The molecule has 1 fully saturated rings. The fourth-order valence-corrected chi connectivity index (χ4v) is 3.45. The summed E-state index contributed by atoms with van der Waals surface area (Å²) in [6.45, 7) is 11.5. The minimum Gasteiger partial charge on any atom is -0.469 e. The van der Waals surface area contributed by atoms with Gasteiger partial charge in [-0.1, -0.05) is 6.08 Å². The molecule has 1 saturated heterocycles. The minimum atomic E-state index is -1.42. The number of hydrogen-bond acceptors (Lipinski definition) is 8. The molecular formula is C22H38N2O7. The Morgan fingerprint density at radius 2 is 1.74 bits per heavy atom. The van der Waals surface area contributed by atoms with Gasteiger partial charge in [0, 0.05) is 39.1 Å². The van der Waals surface area contributed by atoms with Crippen LogP contribution in [0.2, 0.25) is 0 Å². The highest BCUT2D eigenvalue weighted by Gasteiger charge is 2.36. The van der Waals surface area contributed by atoms with Crippen LogP contribution in [0.3, 0.4) is 0 Å². The number of esters is 2. The normalized spacial score (nSPS) is 19.0. The molecule has 1 aliphatic rings. The Morgan fingerprint density at radius 3 is 2.23 bits per heavy atom. The van der Waals surface area contributed by atoms with Gasteiger partial charge in [0.2, 0.25) is 0 Å². The molecule has 1 heterocycles. The molecule has 1 amide bonds. The van der Waals surface area contributed by atoms with E-state index in [9.17, 15) is 19.5 Å². The Balaban J connectivity index is 2.74. The van der Waals surface area contributed by atoms with E-state index in [4.69, 9.17) is 9.47 Å². The van der Waals surface area contributed by atoms with Gasteiger partial charge in [0.1, 0.15) is 11.7 Å². The molecule has 31 heavy (non-hydrogen) atoms. The van der Waals surface area contributed by atoms with Crippen LogP contribution in [0.5, 0.6) is 0 Å². The van der Waals surface area contributed by atoms with Gasteiger partial charge in [0.15, 0.2) is 6.10 Å². The summed E-state index contributed by atoms with van der Waals surface area (Å²) in [6, 6.07) is 0.421. The van der Waals surface area contributed by atoms with Gasteiger partial charge < -0.3 is 24.2 Å². The van der Waals surface area contributed by atoms with Crippen molar-refractivity contribution in [3.05, 3.63) is 12.2 Å². The van der Waals surface area contributed by atoms with Gasteiger partial charge in [0.05, 0.1) is 13.5 Å². The highest BCUT2D eigenvalue weighted by Crippen LogP contribution is 2.25. The molecule has 0 aromatic rings. The first-order chi connectivity index (χ1) is 14.5. The number of piperazine rings is 1. The molecule has 1 aliphatic heterocycles. The average Bonchev–Trinajstić information content (AvgIpc) is 2.71. The zero-order chi connectivity index (χ0) is 23.6. The summed E-state index contributed by atoms with van der Waals surface area (Å²) in [4.78, 5) is 39.5. The summed E-state index contributed by atoms with van der Waals surface area (Å²) >= 11 is 0. The fraction of sp³-hybridized carbons (Fsp3) is 0.773. The third kappa shape index (κ3) is 9.26. The highest BCUT2D eigenvalue weighted by atomic mass is 16.6. The number of carbonyl (C=O) groups excluding carboxylic acids is 3. The van der Waals surface area contributed by atoms with E-state index in [1.54, 1.807) is 30.9 Å². The average molecular weight is 443 g/mol. The summed E-state index contributed by atoms with van der Waals surface area (Å²) in [7, 11) is 1.26. The zero-order valence-corrected chi connectivity index (χ0v) is 19.6. The number of methoxy groups -OCH3 is 1. The second-order valence-corrected chi connectivity index (χ2v) is 8.35. The van der Waals surface area contributed by atoms with E-state index in [-0.39, 0.29) is 19.3 Å². The number of rotatable bonds is 10. The van der Waals surface area contributed by atoms with E-state index in [2.05, 4.69) is 23.5 Å². The lowest BCUT2D eigenvalue weighted by atomic mass is 9.91. The molecule has 3 unspecified atom stereocenters. The highest BCUT2D eigenvalue weighted by molar-refractivity contribution is 5.71. The van der Waals surface area contributed by atoms with Crippen LogP contribution in [0, 0.1) is 0 Å². The maximum atomic E-state index is 12.7. The Hall–Kier alpha value is -2.13. The summed E-state index contributed by atoms with van der Waals surface area (Å²) < 4.78 is 15.5.